The predicted octanol–water partition coefficient (Wildman–Crippen LogP) is 4.07. The number of para-hydroxylation sites is 1. The minimum absolute atomic E-state index is 0.102. The number of rotatable bonds is 7. The van der Waals surface area contributed by atoms with Gasteiger partial charge in [-0.2, -0.15) is 8.78 Å². The number of hydrogen-bond donors (Lipinski definition) is 1. The molecule has 2 aromatic rings. The van der Waals surface area contributed by atoms with Crippen molar-refractivity contribution in [2.45, 2.75) is 38.5 Å². The Morgan fingerprint density at radius 2 is 1.85 bits per heavy atom. The molecule has 1 amide bonds. The first-order valence-corrected chi connectivity index (χ1v) is 9.23. The maximum atomic E-state index is 12.5. The lowest BCUT2D eigenvalue weighted by Crippen LogP contribution is -2.46. The molecule has 0 radical (unpaired) electrons. The first kappa shape index (κ1) is 19.3. The van der Waals surface area contributed by atoms with Crippen LogP contribution in [-0.4, -0.2) is 36.5 Å². The predicted molar refractivity (Wildman–Crippen MR) is 99.9 cm³/mol. The summed E-state index contributed by atoms with van der Waals surface area (Å²) in [6.07, 6.45) is 3.27. The number of carbonyl (C=O) groups is 1. The maximum absolute atomic E-state index is 12.5. The second-order valence-corrected chi connectivity index (χ2v) is 6.69. The van der Waals surface area contributed by atoms with Crippen molar-refractivity contribution in [3.05, 3.63) is 65.7 Å². The second-order valence-electron chi connectivity index (χ2n) is 6.69. The number of alkyl halides is 2. The van der Waals surface area contributed by atoms with Gasteiger partial charge < -0.3 is 10.1 Å². The molecule has 3 rings (SSSR count). The Morgan fingerprint density at radius 1 is 1.11 bits per heavy atom. The molecule has 0 aliphatic carbocycles. The molecule has 2 aromatic carbocycles. The van der Waals surface area contributed by atoms with Crippen molar-refractivity contribution in [2.75, 3.05) is 13.1 Å². The fraction of sp³-hybridized carbons (Fsp3) is 0.381. The topological polar surface area (TPSA) is 41.6 Å². The number of nitrogens with zero attached hydrogens (tertiary/aromatic N) is 1. The summed E-state index contributed by atoms with van der Waals surface area (Å²) in [5.41, 5.74) is 1.37. The van der Waals surface area contributed by atoms with Crippen LogP contribution in [-0.2, 0) is 6.54 Å². The van der Waals surface area contributed by atoms with Crippen molar-refractivity contribution in [1.29, 1.82) is 0 Å². The average Bonchev–Trinajstić information content (AvgIpc) is 2.68. The Balaban J connectivity index is 1.61. The maximum Gasteiger partial charge on any atom is 0.387 e. The number of ether oxygens (including phenoxy) is 1. The molecule has 0 spiro atoms. The smallest absolute Gasteiger partial charge is 0.387 e. The molecule has 4 nitrogen and oxygen atoms in total. The van der Waals surface area contributed by atoms with E-state index < -0.39 is 12.5 Å². The van der Waals surface area contributed by atoms with Crippen molar-refractivity contribution >= 4 is 5.91 Å². The molecule has 1 saturated heterocycles. The molecule has 27 heavy (non-hydrogen) atoms. The standard InChI is InChI=1S/C21H24F2N2O2/c22-21(23)27-19-12-5-4-11-18(19)20(26)24-14-17-10-6-7-13-25(17)15-16-8-2-1-3-9-16/h1-5,8-9,11-12,17,21H,6-7,10,13-15H2,(H,24,26). The lowest BCUT2D eigenvalue weighted by Gasteiger charge is -2.36. The highest BCUT2D eigenvalue weighted by atomic mass is 19.3. The Morgan fingerprint density at radius 3 is 2.63 bits per heavy atom. The zero-order chi connectivity index (χ0) is 19.1. The van der Waals surface area contributed by atoms with E-state index in [1.807, 2.05) is 18.2 Å². The Bertz CT molecular complexity index is 740. The largest absolute Gasteiger partial charge is 0.434 e. The molecule has 1 N–H and O–H groups in total. The number of benzene rings is 2. The Labute approximate surface area is 158 Å². The molecular formula is C21H24F2N2O2. The van der Waals surface area contributed by atoms with Gasteiger partial charge in [0.1, 0.15) is 5.75 Å². The van der Waals surface area contributed by atoms with Gasteiger partial charge >= 0.3 is 6.61 Å². The van der Waals surface area contributed by atoms with E-state index in [9.17, 15) is 13.6 Å². The second kappa shape index (κ2) is 9.46. The van der Waals surface area contributed by atoms with Gasteiger partial charge in [-0.25, -0.2) is 0 Å². The number of piperidine rings is 1. The van der Waals surface area contributed by atoms with E-state index >= 15 is 0 Å². The van der Waals surface area contributed by atoms with E-state index in [-0.39, 0.29) is 17.4 Å². The molecule has 0 bridgehead atoms. The lowest BCUT2D eigenvalue weighted by atomic mass is 10.0. The van der Waals surface area contributed by atoms with Crippen LogP contribution in [0.5, 0.6) is 5.75 Å². The third kappa shape index (κ3) is 5.50. The molecular weight excluding hydrogens is 350 g/mol. The van der Waals surface area contributed by atoms with Crippen molar-refractivity contribution in [3.8, 4) is 5.75 Å². The third-order valence-corrected chi connectivity index (χ3v) is 4.82. The van der Waals surface area contributed by atoms with Gasteiger partial charge in [-0.3, -0.25) is 9.69 Å². The Kier molecular flexibility index (Phi) is 6.76. The zero-order valence-electron chi connectivity index (χ0n) is 15.1. The average molecular weight is 374 g/mol. The summed E-state index contributed by atoms with van der Waals surface area (Å²) < 4.78 is 29.5. The quantitative estimate of drug-likeness (QED) is 0.794. The van der Waals surface area contributed by atoms with E-state index in [4.69, 9.17) is 0 Å². The fourth-order valence-electron chi connectivity index (χ4n) is 3.48. The van der Waals surface area contributed by atoms with Gasteiger partial charge in [-0.15, -0.1) is 0 Å². The van der Waals surface area contributed by atoms with Crippen molar-refractivity contribution in [2.24, 2.45) is 0 Å². The van der Waals surface area contributed by atoms with Crippen LogP contribution in [0.3, 0.4) is 0 Å². The Hall–Kier alpha value is -2.47. The van der Waals surface area contributed by atoms with Gasteiger partial charge in [-0.05, 0) is 37.1 Å². The highest BCUT2D eigenvalue weighted by molar-refractivity contribution is 5.96. The number of likely N-dealkylation sites (tertiary alicyclic amines) is 1. The lowest BCUT2D eigenvalue weighted by molar-refractivity contribution is -0.0501. The van der Waals surface area contributed by atoms with Crippen molar-refractivity contribution in [1.82, 2.24) is 10.2 Å². The van der Waals surface area contributed by atoms with Gasteiger partial charge in [0, 0.05) is 19.1 Å². The van der Waals surface area contributed by atoms with Crippen molar-refractivity contribution in [3.63, 3.8) is 0 Å². The molecule has 6 heteroatoms. The van der Waals surface area contributed by atoms with Crippen LogP contribution >= 0.6 is 0 Å². The van der Waals surface area contributed by atoms with Crippen LogP contribution < -0.4 is 10.1 Å². The highest BCUT2D eigenvalue weighted by Crippen LogP contribution is 2.22. The van der Waals surface area contributed by atoms with Crippen LogP contribution in [0.1, 0.15) is 35.2 Å². The van der Waals surface area contributed by atoms with E-state index in [1.54, 1.807) is 12.1 Å². The monoisotopic (exact) mass is 374 g/mol. The number of hydrogen-bond acceptors (Lipinski definition) is 3. The highest BCUT2D eigenvalue weighted by Gasteiger charge is 2.24. The molecule has 1 aliphatic rings. The number of nitrogens with one attached hydrogen (secondary N) is 1. The summed E-state index contributed by atoms with van der Waals surface area (Å²) in [5, 5.41) is 2.89. The third-order valence-electron chi connectivity index (χ3n) is 4.82. The number of amides is 1. The molecule has 1 aliphatic heterocycles. The molecule has 0 saturated carbocycles. The molecule has 0 aromatic heterocycles. The molecule has 144 valence electrons. The van der Waals surface area contributed by atoms with Gasteiger partial charge in [0.25, 0.3) is 5.91 Å². The van der Waals surface area contributed by atoms with Crippen LogP contribution in [0.2, 0.25) is 0 Å². The molecule has 1 atom stereocenters. The summed E-state index contributed by atoms with van der Waals surface area (Å²) >= 11 is 0. The summed E-state index contributed by atoms with van der Waals surface area (Å²) in [5.74, 6) is -0.494. The molecule has 1 heterocycles. The minimum Gasteiger partial charge on any atom is -0.434 e. The van der Waals surface area contributed by atoms with Crippen LogP contribution in [0.4, 0.5) is 8.78 Å². The van der Waals surface area contributed by atoms with E-state index in [0.717, 1.165) is 32.4 Å². The van der Waals surface area contributed by atoms with Gasteiger partial charge in [0.05, 0.1) is 5.56 Å². The number of halogens is 2. The number of carbonyl (C=O) groups excluding carboxylic acids is 1. The fourth-order valence-corrected chi connectivity index (χ4v) is 3.48. The first-order valence-electron chi connectivity index (χ1n) is 9.23. The van der Waals surface area contributed by atoms with Gasteiger partial charge in [0.15, 0.2) is 0 Å². The van der Waals surface area contributed by atoms with E-state index in [0.29, 0.717) is 6.54 Å². The van der Waals surface area contributed by atoms with Gasteiger partial charge in [0.2, 0.25) is 0 Å². The van der Waals surface area contributed by atoms with Crippen LogP contribution in [0.15, 0.2) is 54.6 Å². The molecule has 1 unspecified atom stereocenters. The summed E-state index contributed by atoms with van der Waals surface area (Å²) in [4.78, 5) is 14.9. The van der Waals surface area contributed by atoms with Crippen LogP contribution in [0, 0.1) is 0 Å². The van der Waals surface area contributed by atoms with Crippen molar-refractivity contribution < 1.29 is 18.3 Å². The first-order chi connectivity index (χ1) is 13.1. The summed E-state index contributed by atoms with van der Waals surface area (Å²) in [7, 11) is 0. The van der Waals surface area contributed by atoms with Gasteiger partial charge in [-0.1, -0.05) is 48.9 Å². The van der Waals surface area contributed by atoms with Crippen LogP contribution in [0.25, 0.3) is 0 Å². The zero-order valence-corrected chi connectivity index (χ0v) is 15.1. The normalized spacial score (nSPS) is 17.7. The molecule has 1 fully saturated rings. The summed E-state index contributed by atoms with van der Waals surface area (Å²) in [6.45, 7) is -0.652. The van der Waals surface area contributed by atoms with E-state index in [2.05, 4.69) is 27.1 Å². The summed E-state index contributed by atoms with van der Waals surface area (Å²) in [6, 6.07) is 16.5. The minimum atomic E-state index is -2.96. The SMILES string of the molecule is O=C(NCC1CCCCN1Cc1ccccc1)c1ccccc1OC(F)F. The van der Waals surface area contributed by atoms with E-state index in [1.165, 1.54) is 17.7 Å².